The third-order valence-corrected chi connectivity index (χ3v) is 8.12. The van der Waals surface area contributed by atoms with Gasteiger partial charge in [0, 0.05) is 0 Å². The summed E-state index contributed by atoms with van der Waals surface area (Å²) in [5, 5.41) is 0. The van der Waals surface area contributed by atoms with E-state index in [0.717, 1.165) is 23.7 Å². The monoisotopic (exact) mass is 626 g/mol. The first-order chi connectivity index (χ1) is 17.7. The first-order valence-electron chi connectivity index (χ1n) is 13.6. The first-order valence-corrected chi connectivity index (χ1v) is 17.6. The molecule has 0 amide bonds. The summed E-state index contributed by atoms with van der Waals surface area (Å²) in [7, 11) is 1.86. The molecule has 0 aromatic heterocycles. The molecule has 2 fully saturated rings. The molecule has 0 heterocycles. The van der Waals surface area contributed by atoms with Crippen LogP contribution in [-0.2, 0) is 19.2 Å². The zero-order valence-electron chi connectivity index (χ0n) is 24.7. The van der Waals surface area contributed by atoms with Crippen molar-refractivity contribution in [2.24, 2.45) is 23.7 Å². The number of hydrogen-bond donors (Lipinski definition) is 0. The minimum absolute atomic E-state index is 0. The number of benzene rings is 2. The minimum atomic E-state index is 0. The maximum atomic E-state index is 2.45. The Hall–Kier alpha value is -1.35. The predicted molar refractivity (Wildman–Crippen MR) is 181 cm³/mol. The molecule has 0 radical (unpaired) electrons. The van der Waals surface area contributed by atoms with Crippen molar-refractivity contribution in [1.82, 2.24) is 0 Å². The third-order valence-electron chi connectivity index (χ3n) is 8.12. The average Bonchev–Trinajstić information content (AvgIpc) is 3.33. The molecule has 0 bridgehead atoms. The van der Waals surface area contributed by atoms with Crippen LogP contribution in [0, 0.1) is 51.4 Å². The van der Waals surface area contributed by atoms with E-state index in [1.807, 2.05) is 26.8 Å². The van der Waals surface area contributed by atoms with Crippen LogP contribution in [0.2, 0.25) is 0 Å². The van der Waals surface area contributed by atoms with Crippen molar-refractivity contribution in [2.75, 3.05) is 0 Å². The van der Waals surface area contributed by atoms with Gasteiger partial charge in [0.15, 0.2) is 0 Å². The van der Waals surface area contributed by atoms with E-state index in [4.69, 9.17) is 0 Å². The fourth-order valence-electron chi connectivity index (χ4n) is 6.54. The van der Waals surface area contributed by atoms with E-state index in [1.165, 1.54) is 36.8 Å². The molecule has 6 unspecified atom stereocenters. The summed E-state index contributed by atoms with van der Waals surface area (Å²) in [4.78, 5) is 0. The van der Waals surface area contributed by atoms with Crippen LogP contribution in [0.5, 0.6) is 0 Å². The second-order valence-corrected chi connectivity index (χ2v) is 10.7. The SMILES string of the molecule is CC1[CH-]C2=CC=CCC(c3ccccc3)C2C1.CC1[CH-]C2=CC=CCC(c3ccccc3)C2C1.Cl.Cl.[CH3-].[CH3-].[SiH2]=[Ti]. The van der Waals surface area contributed by atoms with E-state index in [2.05, 4.69) is 124 Å². The van der Waals surface area contributed by atoms with E-state index in [1.54, 1.807) is 11.1 Å². The number of fused-ring (bicyclic) bond motifs is 2. The summed E-state index contributed by atoms with van der Waals surface area (Å²) < 4.78 is 0. The Morgan fingerprint density at radius 1 is 0.600 bits per heavy atom. The molecule has 0 saturated heterocycles. The van der Waals surface area contributed by atoms with E-state index >= 15 is 0 Å². The quantitative estimate of drug-likeness (QED) is 0.230. The standard InChI is InChI=1S/2C17H19.2CH3.2ClH.H2Si.Ti/c2*1-13-11-15-9-5-6-10-16(17(15)12-13)14-7-3-2-4-8-14;;;;;;/h2*2-9,11,13,16-17H,10,12H2,1H3;2*1H3;2*1H;1H2;/q4*-1;;;;. The van der Waals surface area contributed by atoms with Crippen LogP contribution in [0.3, 0.4) is 0 Å². The van der Waals surface area contributed by atoms with E-state index in [9.17, 15) is 0 Å². The van der Waals surface area contributed by atoms with Gasteiger partial charge in [-0.25, -0.2) is 36.1 Å². The van der Waals surface area contributed by atoms with Gasteiger partial charge < -0.3 is 14.9 Å². The van der Waals surface area contributed by atoms with E-state index in [0.29, 0.717) is 11.8 Å². The second-order valence-electron chi connectivity index (χ2n) is 10.7. The van der Waals surface area contributed by atoms with Crippen LogP contribution in [0.4, 0.5) is 0 Å². The maximum absolute atomic E-state index is 2.45. The third kappa shape index (κ3) is 9.88. The van der Waals surface area contributed by atoms with E-state index in [-0.39, 0.29) is 39.7 Å². The zero-order chi connectivity index (χ0) is 25.3. The molecular formula is C36H48Cl2SiTi-4. The predicted octanol–water partition coefficient (Wildman–Crippen LogP) is 9.86. The van der Waals surface area contributed by atoms with Crippen LogP contribution in [-0.4, -0.2) is 7.63 Å². The van der Waals surface area contributed by atoms with Crippen molar-refractivity contribution in [1.29, 1.82) is 0 Å². The first kappa shape index (κ1) is 38.7. The number of allylic oxidation sites excluding steroid dienone is 8. The molecule has 0 aliphatic heterocycles. The molecule has 2 aromatic rings. The fourth-order valence-corrected chi connectivity index (χ4v) is 6.54. The van der Waals surface area contributed by atoms with Crippen molar-refractivity contribution >= 4 is 32.4 Å². The van der Waals surface area contributed by atoms with Gasteiger partial charge in [0.1, 0.15) is 0 Å². The molecular weight excluding hydrogens is 579 g/mol. The summed E-state index contributed by atoms with van der Waals surface area (Å²) in [5.74, 6) is 4.27. The van der Waals surface area contributed by atoms with Gasteiger partial charge >= 0.3 is 26.8 Å². The normalized spacial score (nSPS) is 26.7. The molecule has 4 aliphatic carbocycles. The van der Waals surface area contributed by atoms with Crippen molar-refractivity contribution in [2.45, 2.75) is 51.4 Å². The summed E-state index contributed by atoms with van der Waals surface area (Å²) >= 11 is 2.03. The van der Waals surface area contributed by atoms with Crippen LogP contribution < -0.4 is 0 Å². The van der Waals surface area contributed by atoms with Gasteiger partial charge in [0.25, 0.3) is 0 Å². The Kier molecular flexibility index (Phi) is 19.0. The summed E-state index contributed by atoms with van der Waals surface area (Å²) in [6, 6.07) is 22.0. The van der Waals surface area contributed by atoms with Crippen molar-refractivity contribution < 1.29 is 19.2 Å². The van der Waals surface area contributed by atoms with Crippen LogP contribution >= 0.6 is 24.8 Å². The van der Waals surface area contributed by atoms with Gasteiger partial charge in [-0.05, 0) is 47.6 Å². The molecule has 2 aromatic carbocycles. The Bertz CT molecular complexity index is 1000. The summed E-state index contributed by atoms with van der Waals surface area (Å²) in [6.07, 6.45) is 23.6. The molecule has 4 heteroatoms. The Morgan fingerprint density at radius 2 is 0.950 bits per heavy atom. The van der Waals surface area contributed by atoms with Crippen LogP contribution in [0.15, 0.2) is 108 Å². The molecule has 2 saturated carbocycles. The van der Waals surface area contributed by atoms with Gasteiger partial charge in [-0.15, -0.1) is 49.1 Å². The Morgan fingerprint density at radius 3 is 1.30 bits per heavy atom. The molecule has 0 N–H and O–H groups in total. The topological polar surface area (TPSA) is 0 Å². The fraction of sp³-hybridized carbons (Fsp3) is 0.333. The molecule has 218 valence electrons. The van der Waals surface area contributed by atoms with E-state index < -0.39 is 0 Å². The van der Waals surface area contributed by atoms with Crippen molar-refractivity contribution in [3.05, 3.63) is 147 Å². The molecule has 0 spiro atoms. The number of halogens is 2. The Balaban J connectivity index is 0.000000655. The van der Waals surface area contributed by atoms with Crippen molar-refractivity contribution in [3.63, 3.8) is 0 Å². The second kappa shape index (κ2) is 19.7. The number of rotatable bonds is 2. The van der Waals surface area contributed by atoms with Gasteiger partial charge in [-0.2, -0.15) is 0 Å². The van der Waals surface area contributed by atoms with Gasteiger partial charge in [-0.3, -0.25) is 0 Å². The van der Waals surface area contributed by atoms with Crippen LogP contribution in [0.25, 0.3) is 0 Å². The molecule has 6 atom stereocenters. The van der Waals surface area contributed by atoms with Gasteiger partial charge in [-0.1, -0.05) is 99.2 Å². The van der Waals surface area contributed by atoms with Crippen LogP contribution in [0.1, 0.15) is 62.5 Å². The molecule has 4 aliphatic rings. The average molecular weight is 628 g/mol. The molecule has 6 rings (SSSR count). The summed E-state index contributed by atoms with van der Waals surface area (Å²) in [6.45, 7) is 4.67. The van der Waals surface area contributed by atoms with Gasteiger partial charge in [0.05, 0.1) is 0 Å². The van der Waals surface area contributed by atoms with Gasteiger partial charge in [0.2, 0.25) is 0 Å². The summed E-state index contributed by atoms with van der Waals surface area (Å²) in [5.41, 5.74) is 6.11. The number of hydrogen-bond acceptors (Lipinski definition) is 0. The zero-order valence-corrected chi connectivity index (χ0v) is 29.3. The molecule has 40 heavy (non-hydrogen) atoms. The Labute approximate surface area is 272 Å². The van der Waals surface area contributed by atoms with Crippen molar-refractivity contribution in [3.8, 4) is 0 Å². The molecule has 0 nitrogen and oxygen atoms in total.